The van der Waals surface area contributed by atoms with E-state index in [1.165, 1.54) is 23.7 Å². The Bertz CT molecular complexity index is 750. The number of thioether (sulfide) groups is 1. The number of halogens is 2. The summed E-state index contributed by atoms with van der Waals surface area (Å²) >= 11 is 8.72. The van der Waals surface area contributed by atoms with E-state index in [9.17, 15) is 4.39 Å². The zero-order valence-corrected chi connectivity index (χ0v) is 13.2. The predicted octanol–water partition coefficient (Wildman–Crippen LogP) is 3.44. The summed E-state index contributed by atoms with van der Waals surface area (Å²) in [5.74, 6) is -0.489. The number of nitrogen functional groups attached to an aromatic ring is 1. The van der Waals surface area contributed by atoms with Crippen LogP contribution in [0.3, 0.4) is 0 Å². The van der Waals surface area contributed by atoms with Gasteiger partial charge in [-0.05, 0) is 26.0 Å². The molecule has 8 heteroatoms. The highest BCUT2D eigenvalue weighted by Gasteiger charge is 2.31. The predicted molar refractivity (Wildman–Crippen MR) is 81.1 cm³/mol. The molecule has 0 saturated carbocycles. The summed E-state index contributed by atoms with van der Waals surface area (Å²) in [4.78, 5) is 5.00. The van der Waals surface area contributed by atoms with Crippen molar-refractivity contribution in [2.24, 2.45) is 4.99 Å². The van der Waals surface area contributed by atoms with Crippen LogP contribution in [0.25, 0.3) is 0 Å². The van der Waals surface area contributed by atoms with E-state index in [0.29, 0.717) is 10.5 Å². The van der Waals surface area contributed by atoms with Crippen LogP contribution in [0, 0.1) is 5.82 Å². The lowest BCUT2D eigenvalue weighted by Crippen LogP contribution is -2.21. The number of nitrogens with zero attached hydrogens (tertiary/aromatic N) is 3. The molecule has 1 aliphatic rings. The maximum Gasteiger partial charge on any atom is 0.210 e. The number of hydrogen-bond donors (Lipinski definition) is 1. The van der Waals surface area contributed by atoms with Crippen molar-refractivity contribution in [1.29, 1.82) is 0 Å². The number of benzene rings is 1. The van der Waals surface area contributed by atoms with Crippen LogP contribution >= 0.6 is 34.9 Å². The molecule has 20 heavy (non-hydrogen) atoms. The summed E-state index contributed by atoms with van der Waals surface area (Å²) in [7, 11) is 0. The van der Waals surface area contributed by atoms with Crippen LogP contribution < -0.4 is 10.5 Å². The summed E-state index contributed by atoms with van der Waals surface area (Å²) in [6, 6.07) is 2.62. The molecule has 0 bridgehead atoms. The highest BCUT2D eigenvalue weighted by Crippen LogP contribution is 2.38. The zero-order valence-electron chi connectivity index (χ0n) is 10.9. The van der Waals surface area contributed by atoms with E-state index < -0.39 is 5.82 Å². The molecular weight excluding hydrogens is 319 g/mol. The van der Waals surface area contributed by atoms with Crippen LogP contribution in [0.15, 0.2) is 22.3 Å². The summed E-state index contributed by atoms with van der Waals surface area (Å²) in [5.41, 5.74) is 6.19. The van der Waals surface area contributed by atoms with Gasteiger partial charge in [0.1, 0.15) is 5.69 Å². The average molecular weight is 331 g/mol. The molecule has 2 N–H and O–H groups in total. The van der Waals surface area contributed by atoms with Gasteiger partial charge >= 0.3 is 0 Å². The van der Waals surface area contributed by atoms with Gasteiger partial charge in [-0.15, -0.1) is 0 Å². The van der Waals surface area contributed by atoms with E-state index in [1.54, 1.807) is 11.8 Å². The van der Waals surface area contributed by atoms with Gasteiger partial charge in [0, 0.05) is 22.8 Å². The molecule has 2 heterocycles. The first-order chi connectivity index (χ1) is 9.35. The molecule has 0 atom stereocenters. The van der Waals surface area contributed by atoms with Gasteiger partial charge in [-0.1, -0.05) is 23.4 Å². The number of anilines is 1. The quantitative estimate of drug-likeness (QED) is 0.815. The molecular formula is C12H12ClFN4S2. The number of nitrogens with two attached hydrogens (primary N) is 1. The monoisotopic (exact) mass is 330 g/mol. The molecule has 0 saturated heterocycles. The molecule has 0 radical (unpaired) electrons. The average Bonchev–Trinajstić information content (AvgIpc) is 2.83. The molecule has 2 aromatic rings. The van der Waals surface area contributed by atoms with E-state index >= 15 is 0 Å². The molecule has 106 valence electrons. The van der Waals surface area contributed by atoms with Crippen molar-refractivity contribution in [1.82, 2.24) is 8.94 Å². The van der Waals surface area contributed by atoms with E-state index in [1.807, 2.05) is 4.57 Å². The molecule has 1 aliphatic heterocycles. The lowest BCUT2D eigenvalue weighted by molar-refractivity contribution is 0.554. The van der Waals surface area contributed by atoms with Gasteiger partial charge in [0.25, 0.3) is 0 Å². The molecule has 1 aromatic heterocycles. The third-order valence-corrected chi connectivity index (χ3v) is 5.21. The van der Waals surface area contributed by atoms with Crippen molar-refractivity contribution in [3.8, 4) is 0 Å². The van der Waals surface area contributed by atoms with Crippen molar-refractivity contribution in [2.45, 2.75) is 30.3 Å². The van der Waals surface area contributed by atoms with Crippen molar-refractivity contribution in [3.05, 3.63) is 27.8 Å². The minimum absolute atomic E-state index is 0.0815. The summed E-state index contributed by atoms with van der Waals surface area (Å²) in [6.45, 7) is 5.08. The molecule has 3 rings (SSSR count). The second kappa shape index (κ2) is 4.75. The number of fused-ring (bicyclic) bond motifs is 1. The second-order valence-corrected chi connectivity index (χ2v) is 7.94. The van der Waals surface area contributed by atoms with Crippen molar-refractivity contribution < 1.29 is 4.39 Å². The summed E-state index contributed by atoms with van der Waals surface area (Å²) < 4.78 is 20.3. The normalized spacial score (nSPS) is 17.5. The van der Waals surface area contributed by atoms with Crippen molar-refractivity contribution >= 4 is 46.3 Å². The van der Waals surface area contributed by atoms with Crippen LogP contribution in [-0.4, -0.2) is 13.7 Å². The first kappa shape index (κ1) is 13.9. The first-order valence-electron chi connectivity index (χ1n) is 5.90. The zero-order chi connectivity index (χ0) is 14.5. The van der Waals surface area contributed by atoms with Crippen molar-refractivity contribution in [2.75, 3.05) is 5.73 Å². The van der Waals surface area contributed by atoms with Gasteiger partial charge in [-0.3, -0.25) is 4.57 Å². The fourth-order valence-electron chi connectivity index (χ4n) is 1.95. The minimum atomic E-state index is -0.489. The Morgan fingerprint density at radius 3 is 3.00 bits per heavy atom. The molecule has 0 aliphatic carbocycles. The number of rotatable bonds is 1. The van der Waals surface area contributed by atoms with E-state index in [-0.39, 0.29) is 15.5 Å². The van der Waals surface area contributed by atoms with Crippen LogP contribution in [-0.2, 0) is 6.54 Å². The Hall–Kier alpha value is -1.05. The van der Waals surface area contributed by atoms with Gasteiger partial charge in [0.2, 0.25) is 4.80 Å². The minimum Gasteiger partial charge on any atom is -0.397 e. The Morgan fingerprint density at radius 1 is 1.50 bits per heavy atom. The number of hydrogen-bond acceptors (Lipinski definition) is 5. The Balaban J connectivity index is 2.10. The summed E-state index contributed by atoms with van der Waals surface area (Å²) in [5, 5.41) is 1.11. The first-order valence-corrected chi connectivity index (χ1v) is 7.87. The van der Waals surface area contributed by atoms with E-state index in [4.69, 9.17) is 17.3 Å². The molecule has 0 unspecified atom stereocenters. The Labute approximate surface area is 128 Å². The van der Waals surface area contributed by atoms with E-state index in [0.717, 1.165) is 11.7 Å². The smallest absolute Gasteiger partial charge is 0.210 e. The molecule has 1 aromatic carbocycles. The van der Waals surface area contributed by atoms with Crippen LogP contribution in [0.5, 0.6) is 0 Å². The van der Waals surface area contributed by atoms with E-state index in [2.05, 4.69) is 23.2 Å². The van der Waals surface area contributed by atoms with Gasteiger partial charge in [0.05, 0.1) is 10.7 Å². The van der Waals surface area contributed by atoms with Gasteiger partial charge < -0.3 is 5.73 Å². The lowest BCUT2D eigenvalue weighted by atomic mass is 10.2. The largest absolute Gasteiger partial charge is 0.397 e. The SMILES string of the molecule is CC1(C)Cn2c(nsc2=Nc2cc(N)c(Cl)cc2F)S1. The van der Waals surface area contributed by atoms with Crippen LogP contribution in [0.2, 0.25) is 5.02 Å². The molecule has 0 fully saturated rings. The van der Waals surface area contributed by atoms with Gasteiger partial charge in [0.15, 0.2) is 11.0 Å². The fraction of sp³-hybridized carbons (Fsp3) is 0.333. The third-order valence-electron chi connectivity index (χ3n) is 2.86. The molecule has 4 nitrogen and oxygen atoms in total. The fourth-order valence-corrected chi connectivity index (χ4v) is 4.02. The Morgan fingerprint density at radius 2 is 2.25 bits per heavy atom. The maximum absolute atomic E-state index is 13.9. The van der Waals surface area contributed by atoms with Gasteiger partial charge in [-0.2, -0.15) is 4.37 Å². The number of aromatic nitrogens is 2. The van der Waals surface area contributed by atoms with Crippen molar-refractivity contribution in [3.63, 3.8) is 0 Å². The molecule has 0 spiro atoms. The highest BCUT2D eigenvalue weighted by atomic mass is 35.5. The lowest BCUT2D eigenvalue weighted by Gasteiger charge is -2.12. The second-order valence-electron chi connectivity index (χ2n) is 5.13. The maximum atomic E-state index is 13.9. The van der Waals surface area contributed by atoms with Crippen LogP contribution in [0.4, 0.5) is 15.8 Å². The third kappa shape index (κ3) is 2.45. The topological polar surface area (TPSA) is 56.2 Å². The van der Waals surface area contributed by atoms with Crippen LogP contribution in [0.1, 0.15) is 13.8 Å². The summed E-state index contributed by atoms with van der Waals surface area (Å²) in [6.07, 6.45) is 0. The van der Waals surface area contributed by atoms with Gasteiger partial charge in [-0.25, -0.2) is 9.38 Å². The standard InChI is InChI=1S/C12H12ClFN4S2/c1-12(2)5-18-10(20-17-11(18)19-12)16-9-4-8(15)6(13)3-7(9)14/h3-4H,5,15H2,1-2H3. The highest BCUT2D eigenvalue weighted by molar-refractivity contribution is 8.00. The Kier molecular flexibility index (Phi) is 3.30. The molecule has 0 amide bonds.